The lowest BCUT2D eigenvalue weighted by Crippen LogP contribution is -2.58. The number of carboxylic acid groups (broad SMARTS) is 1. The van der Waals surface area contributed by atoms with Crippen LogP contribution in [0, 0.1) is 5.92 Å². The summed E-state index contributed by atoms with van der Waals surface area (Å²) in [5.41, 5.74) is 6.47. The number of aromatic amines is 1. The first-order valence-electron chi connectivity index (χ1n) is 9.13. The molecule has 0 bridgehead atoms. The number of carbonyl (C=O) groups is 4. The second-order valence-corrected chi connectivity index (χ2v) is 6.61. The molecule has 0 aromatic carbocycles. The fourth-order valence-corrected chi connectivity index (χ4v) is 2.36. The predicted molar refractivity (Wildman–Crippen MR) is 101 cm³/mol. The van der Waals surface area contributed by atoms with E-state index in [1.807, 2.05) is 13.8 Å². The summed E-state index contributed by atoms with van der Waals surface area (Å²) in [7, 11) is 0. The van der Waals surface area contributed by atoms with E-state index in [2.05, 4.69) is 25.9 Å². The van der Waals surface area contributed by atoms with E-state index in [0.717, 1.165) is 0 Å². The molecule has 0 aliphatic heterocycles. The number of hydrogen-bond acceptors (Lipinski definition) is 7. The molecule has 1 rings (SSSR count). The van der Waals surface area contributed by atoms with Crippen LogP contribution in [0.15, 0.2) is 12.5 Å². The standard InChI is InChI=1S/C17H28N6O6/c1-3-9(2)14(18)17(29)22-11(4-10-5-19-8-21-10)16(28)23-12(7-24)15(27)20-6-13(25)26/h5,8-9,11-12,14,24H,3-4,6-7,18H2,1-2H3,(H,19,21)(H,20,27)(H,22,29)(H,23,28)(H,25,26). The summed E-state index contributed by atoms with van der Waals surface area (Å²) in [6, 6.07) is -3.31. The molecule has 0 spiro atoms. The number of amides is 3. The van der Waals surface area contributed by atoms with E-state index in [-0.39, 0.29) is 12.3 Å². The van der Waals surface area contributed by atoms with Crippen molar-refractivity contribution < 1.29 is 29.4 Å². The molecule has 4 unspecified atom stereocenters. The monoisotopic (exact) mass is 412 g/mol. The minimum absolute atomic E-state index is 0.0414. The summed E-state index contributed by atoms with van der Waals surface area (Å²) in [6.07, 6.45) is 3.60. The molecule has 162 valence electrons. The Morgan fingerprint density at radius 3 is 2.34 bits per heavy atom. The Kier molecular flexibility index (Phi) is 9.75. The van der Waals surface area contributed by atoms with Crippen molar-refractivity contribution in [1.29, 1.82) is 0 Å². The zero-order chi connectivity index (χ0) is 22.0. The van der Waals surface area contributed by atoms with Gasteiger partial charge in [-0.15, -0.1) is 0 Å². The molecule has 3 amide bonds. The molecule has 1 heterocycles. The fourth-order valence-electron chi connectivity index (χ4n) is 2.36. The van der Waals surface area contributed by atoms with Crippen molar-refractivity contribution in [2.45, 2.75) is 44.8 Å². The molecule has 1 aromatic rings. The van der Waals surface area contributed by atoms with Crippen molar-refractivity contribution in [3.63, 3.8) is 0 Å². The number of nitrogens with one attached hydrogen (secondary N) is 4. The van der Waals surface area contributed by atoms with Gasteiger partial charge in [0.15, 0.2) is 0 Å². The fraction of sp³-hybridized carbons (Fsp3) is 0.588. The van der Waals surface area contributed by atoms with Crippen molar-refractivity contribution >= 4 is 23.7 Å². The van der Waals surface area contributed by atoms with Crippen LogP contribution in [-0.2, 0) is 25.6 Å². The van der Waals surface area contributed by atoms with Crippen LogP contribution in [0.25, 0.3) is 0 Å². The van der Waals surface area contributed by atoms with Crippen LogP contribution in [-0.4, -0.2) is 75.1 Å². The summed E-state index contributed by atoms with van der Waals surface area (Å²) < 4.78 is 0. The number of carboxylic acids is 1. The third-order valence-corrected chi connectivity index (χ3v) is 4.40. The molecular weight excluding hydrogens is 384 g/mol. The van der Waals surface area contributed by atoms with Crippen molar-refractivity contribution in [3.8, 4) is 0 Å². The number of carbonyl (C=O) groups excluding carboxylic acids is 3. The molecular formula is C17H28N6O6. The third-order valence-electron chi connectivity index (χ3n) is 4.40. The van der Waals surface area contributed by atoms with Gasteiger partial charge in [-0.25, -0.2) is 4.98 Å². The topological polar surface area (TPSA) is 200 Å². The molecule has 0 aliphatic rings. The quantitative estimate of drug-likeness (QED) is 0.195. The lowest BCUT2D eigenvalue weighted by Gasteiger charge is -2.24. The molecule has 29 heavy (non-hydrogen) atoms. The Balaban J connectivity index is 2.87. The molecule has 1 aromatic heterocycles. The van der Waals surface area contributed by atoms with Gasteiger partial charge >= 0.3 is 5.97 Å². The third kappa shape index (κ3) is 7.87. The number of nitrogens with zero attached hydrogens (tertiary/aromatic N) is 1. The molecule has 0 saturated heterocycles. The van der Waals surface area contributed by atoms with Gasteiger partial charge in [0.2, 0.25) is 17.7 Å². The number of H-pyrrole nitrogens is 1. The molecule has 12 nitrogen and oxygen atoms in total. The zero-order valence-electron chi connectivity index (χ0n) is 16.3. The highest BCUT2D eigenvalue weighted by atomic mass is 16.4. The molecule has 0 fully saturated rings. The molecule has 12 heteroatoms. The zero-order valence-corrected chi connectivity index (χ0v) is 16.3. The summed E-state index contributed by atoms with van der Waals surface area (Å²) in [4.78, 5) is 54.2. The second-order valence-electron chi connectivity index (χ2n) is 6.61. The maximum absolute atomic E-state index is 12.7. The molecule has 0 radical (unpaired) electrons. The number of aromatic nitrogens is 2. The maximum Gasteiger partial charge on any atom is 0.322 e. The van der Waals surface area contributed by atoms with Gasteiger partial charge in [-0.2, -0.15) is 0 Å². The van der Waals surface area contributed by atoms with Gasteiger partial charge in [-0.05, 0) is 5.92 Å². The molecule has 0 aliphatic carbocycles. The van der Waals surface area contributed by atoms with Crippen LogP contribution in [0.3, 0.4) is 0 Å². The number of aliphatic hydroxyl groups excluding tert-OH is 1. The maximum atomic E-state index is 12.7. The van der Waals surface area contributed by atoms with E-state index in [0.29, 0.717) is 12.1 Å². The Morgan fingerprint density at radius 1 is 1.17 bits per heavy atom. The Hall–Kier alpha value is -2.99. The summed E-state index contributed by atoms with van der Waals surface area (Å²) in [6.45, 7) is 2.27. The van der Waals surface area contributed by atoms with E-state index >= 15 is 0 Å². The Morgan fingerprint density at radius 2 is 1.83 bits per heavy atom. The van der Waals surface area contributed by atoms with Gasteiger partial charge in [-0.1, -0.05) is 20.3 Å². The SMILES string of the molecule is CCC(C)C(N)C(=O)NC(Cc1cnc[nH]1)C(=O)NC(CO)C(=O)NCC(=O)O. The number of aliphatic carboxylic acids is 1. The first kappa shape index (κ1) is 24.0. The minimum Gasteiger partial charge on any atom is -0.480 e. The normalized spacial score (nSPS) is 14.9. The van der Waals surface area contributed by atoms with Crippen LogP contribution >= 0.6 is 0 Å². The van der Waals surface area contributed by atoms with Crippen molar-refractivity contribution in [2.75, 3.05) is 13.2 Å². The number of imidazole rings is 1. The van der Waals surface area contributed by atoms with Crippen molar-refractivity contribution in [2.24, 2.45) is 11.7 Å². The van der Waals surface area contributed by atoms with Crippen LogP contribution in [0.4, 0.5) is 0 Å². The summed E-state index contributed by atoms with van der Waals surface area (Å²) in [5, 5.41) is 24.9. The van der Waals surface area contributed by atoms with Gasteiger partial charge in [0, 0.05) is 18.3 Å². The van der Waals surface area contributed by atoms with Gasteiger partial charge in [-0.3, -0.25) is 19.2 Å². The number of nitrogens with two attached hydrogens (primary N) is 1. The van der Waals surface area contributed by atoms with E-state index in [9.17, 15) is 24.3 Å². The van der Waals surface area contributed by atoms with Gasteiger partial charge in [0.1, 0.15) is 18.6 Å². The number of rotatable bonds is 12. The Labute approximate surface area is 167 Å². The van der Waals surface area contributed by atoms with E-state index in [1.165, 1.54) is 12.5 Å². The number of aliphatic hydroxyl groups is 1. The van der Waals surface area contributed by atoms with Crippen LogP contribution < -0.4 is 21.7 Å². The molecule has 4 atom stereocenters. The average Bonchev–Trinajstić information content (AvgIpc) is 3.21. The first-order valence-corrected chi connectivity index (χ1v) is 9.13. The van der Waals surface area contributed by atoms with E-state index in [4.69, 9.17) is 10.8 Å². The van der Waals surface area contributed by atoms with Crippen molar-refractivity contribution in [3.05, 3.63) is 18.2 Å². The van der Waals surface area contributed by atoms with E-state index < -0.39 is 55.0 Å². The highest BCUT2D eigenvalue weighted by Gasteiger charge is 2.29. The predicted octanol–water partition coefficient (Wildman–Crippen LogP) is -2.51. The van der Waals surface area contributed by atoms with Crippen LogP contribution in [0.2, 0.25) is 0 Å². The average molecular weight is 412 g/mol. The summed E-state index contributed by atoms with van der Waals surface area (Å²) >= 11 is 0. The highest BCUT2D eigenvalue weighted by molar-refractivity contribution is 5.93. The highest BCUT2D eigenvalue weighted by Crippen LogP contribution is 2.07. The minimum atomic E-state index is -1.38. The van der Waals surface area contributed by atoms with Crippen molar-refractivity contribution in [1.82, 2.24) is 25.9 Å². The lowest BCUT2D eigenvalue weighted by atomic mass is 9.98. The van der Waals surface area contributed by atoms with Crippen LogP contribution in [0.1, 0.15) is 26.0 Å². The van der Waals surface area contributed by atoms with Gasteiger partial charge in [0.05, 0.1) is 19.0 Å². The number of hydrogen-bond donors (Lipinski definition) is 7. The summed E-state index contributed by atoms with van der Waals surface area (Å²) in [5.74, 6) is -3.53. The largest absolute Gasteiger partial charge is 0.480 e. The van der Waals surface area contributed by atoms with Crippen LogP contribution in [0.5, 0.6) is 0 Å². The van der Waals surface area contributed by atoms with Gasteiger partial charge in [0.25, 0.3) is 0 Å². The van der Waals surface area contributed by atoms with Gasteiger partial charge < -0.3 is 36.9 Å². The first-order chi connectivity index (χ1) is 13.7. The lowest BCUT2D eigenvalue weighted by molar-refractivity contribution is -0.139. The molecule has 8 N–H and O–H groups in total. The molecule has 0 saturated carbocycles. The second kappa shape index (κ2) is 11.8. The Bertz CT molecular complexity index is 695. The smallest absolute Gasteiger partial charge is 0.322 e. The van der Waals surface area contributed by atoms with E-state index in [1.54, 1.807) is 0 Å².